The van der Waals surface area contributed by atoms with Crippen molar-refractivity contribution < 1.29 is 23.5 Å². The Hall–Kier alpha value is -2.70. The van der Waals surface area contributed by atoms with Crippen molar-refractivity contribution in [3.05, 3.63) is 47.2 Å². The van der Waals surface area contributed by atoms with E-state index >= 15 is 0 Å². The normalized spacial score (nSPS) is 15.8. The van der Waals surface area contributed by atoms with Crippen LogP contribution < -0.4 is 5.73 Å². The van der Waals surface area contributed by atoms with E-state index in [9.17, 15) is 23.5 Å². The fourth-order valence-electron chi connectivity index (χ4n) is 4.68. The second-order valence-corrected chi connectivity index (χ2v) is 8.23. The number of aromatic nitrogens is 1. The molecule has 1 aliphatic rings. The quantitative estimate of drug-likeness (QED) is 0.617. The van der Waals surface area contributed by atoms with Gasteiger partial charge in [-0.3, -0.25) is 4.79 Å². The van der Waals surface area contributed by atoms with Crippen LogP contribution in [-0.4, -0.2) is 21.6 Å². The molecule has 1 fully saturated rings. The van der Waals surface area contributed by atoms with Gasteiger partial charge in [0.15, 0.2) is 0 Å². The molecule has 3 N–H and O–H groups in total. The summed E-state index contributed by atoms with van der Waals surface area (Å²) in [5, 5.41) is 9.64. The fraction of sp³-hybridized carbons (Fsp3) is 0.478. The molecule has 5 nitrogen and oxygen atoms in total. The number of carbonyl (C=O) groups excluding carboxylic acids is 1. The number of nitrogens with two attached hydrogens (primary N) is 1. The van der Waals surface area contributed by atoms with Crippen molar-refractivity contribution in [2.24, 2.45) is 11.7 Å². The van der Waals surface area contributed by atoms with E-state index in [0.29, 0.717) is 23.7 Å². The standard InChI is InChI=1S/C23H28F2N2O3/c1-14-18(23(29)30)13-21(19-12-16(24)7-9-20(19)25)27(14)17(8-10-22(26)28)11-15-5-3-2-4-6-15/h7,9,12-13,15,17H,2-6,8,10-11H2,1H3,(H2,26,28)(H,29,30). The first kappa shape index (κ1) is 22.0. The summed E-state index contributed by atoms with van der Waals surface area (Å²) in [5.41, 5.74) is 6.22. The molecule has 0 saturated heterocycles. The van der Waals surface area contributed by atoms with E-state index in [1.807, 2.05) is 0 Å². The van der Waals surface area contributed by atoms with Crippen LogP contribution in [0.2, 0.25) is 0 Å². The zero-order chi connectivity index (χ0) is 21.8. The summed E-state index contributed by atoms with van der Waals surface area (Å²) in [6.07, 6.45) is 6.94. The van der Waals surface area contributed by atoms with Gasteiger partial charge in [-0.25, -0.2) is 13.6 Å². The molecule has 7 heteroatoms. The average molecular weight is 418 g/mol. The van der Waals surface area contributed by atoms with Gasteiger partial charge in [0.05, 0.1) is 11.3 Å². The molecule has 0 aliphatic heterocycles. The topological polar surface area (TPSA) is 85.3 Å². The molecule has 3 rings (SSSR count). The van der Waals surface area contributed by atoms with Gasteiger partial charge < -0.3 is 15.4 Å². The highest BCUT2D eigenvalue weighted by Crippen LogP contribution is 2.38. The second kappa shape index (κ2) is 9.41. The Labute approximate surface area is 174 Å². The number of carbonyl (C=O) groups is 2. The SMILES string of the molecule is Cc1c(C(=O)O)cc(-c2cc(F)ccc2F)n1C(CCC(N)=O)CC1CCCCC1. The zero-order valence-corrected chi connectivity index (χ0v) is 17.2. The van der Waals surface area contributed by atoms with Crippen molar-refractivity contribution in [2.75, 3.05) is 0 Å². The van der Waals surface area contributed by atoms with E-state index in [0.717, 1.165) is 50.3 Å². The number of carboxylic acids is 1. The molecule has 162 valence electrons. The van der Waals surface area contributed by atoms with E-state index in [4.69, 9.17) is 5.73 Å². The van der Waals surface area contributed by atoms with E-state index < -0.39 is 23.5 Å². The molecule has 2 aromatic rings. The summed E-state index contributed by atoms with van der Waals surface area (Å²) in [4.78, 5) is 23.3. The lowest BCUT2D eigenvalue weighted by Gasteiger charge is -2.30. The Kier molecular flexibility index (Phi) is 6.90. The van der Waals surface area contributed by atoms with Gasteiger partial charge >= 0.3 is 5.97 Å². The van der Waals surface area contributed by atoms with Gasteiger partial charge in [0, 0.05) is 23.7 Å². The largest absolute Gasteiger partial charge is 0.478 e. The molecule has 1 aromatic carbocycles. The highest BCUT2D eigenvalue weighted by Gasteiger charge is 2.27. The number of aromatic carboxylic acids is 1. The minimum Gasteiger partial charge on any atom is -0.478 e. The number of primary amides is 1. The lowest BCUT2D eigenvalue weighted by Crippen LogP contribution is -2.21. The molecule has 1 amide bonds. The Balaban J connectivity index is 2.11. The molecule has 30 heavy (non-hydrogen) atoms. The molecule has 1 aromatic heterocycles. The molecule has 1 unspecified atom stereocenters. The average Bonchev–Trinajstić information content (AvgIpc) is 3.05. The number of rotatable bonds is 8. The van der Waals surface area contributed by atoms with Gasteiger partial charge in [-0.05, 0) is 49.9 Å². The van der Waals surface area contributed by atoms with Crippen molar-refractivity contribution in [3.8, 4) is 11.3 Å². The Morgan fingerprint density at radius 1 is 1.20 bits per heavy atom. The maximum Gasteiger partial charge on any atom is 0.337 e. The monoisotopic (exact) mass is 418 g/mol. The second-order valence-electron chi connectivity index (χ2n) is 8.23. The first-order valence-electron chi connectivity index (χ1n) is 10.5. The van der Waals surface area contributed by atoms with Crippen LogP contribution in [0.5, 0.6) is 0 Å². The predicted molar refractivity (Wildman–Crippen MR) is 110 cm³/mol. The summed E-state index contributed by atoms with van der Waals surface area (Å²) >= 11 is 0. The van der Waals surface area contributed by atoms with Gasteiger partial charge in [-0.15, -0.1) is 0 Å². The Morgan fingerprint density at radius 2 is 1.90 bits per heavy atom. The van der Waals surface area contributed by atoms with Gasteiger partial charge in [0.2, 0.25) is 5.91 Å². The number of hydrogen-bond acceptors (Lipinski definition) is 2. The predicted octanol–water partition coefficient (Wildman–Crippen LogP) is 5.22. The smallest absolute Gasteiger partial charge is 0.337 e. The fourth-order valence-corrected chi connectivity index (χ4v) is 4.68. The molecule has 1 aliphatic carbocycles. The number of benzene rings is 1. The molecular weight excluding hydrogens is 390 g/mol. The van der Waals surface area contributed by atoms with E-state index in [-0.39, 0.29) is 23.6 Å². The van der Waals surface area contributed by atoms with E-state index in [2.05, 4.69) is 0 Å². The summed E-state index contributed by atoms with van der Waals surface area (Å²) in [6.45, 7) is 1.67. The van der Waals surface area contributed by atoms with Gasteiger partial charge in [-0.1, -0.05) is 32.1 Å². The molecule has 0 radical (unpaired) electrons. The van der Waals surface area contributed by atoms with E-state index in [1.54, 1.807) is 11.5 Å². The number of hydrogen-bond donors (Lipinski definition) is 2. The highest BCUT2D eigenvalue weighted by molar-refractivity contribution is 5.91. The maximum absolute atomic E-state index is 14.6. The molecule has 1 saturated carbocycles. The third kappa shape index (κ3) is 4.89. The molecule has 1 heterocycles. The summed E-state index contributed by atoms with van der Waals surface area (Å²) < 4.78 is 30.3. The van der Waals surface area contributed by atoms with Crippen molar-refractivity contribution in [1.82, 2.24) is 4.57 Å². The van der Waals surface area contributed by atoms with Crippen LogP contribution in [0.15, 0.2) is 24.3 Å². The van der Waals surface area contributed by atoms with Crippen molar-refractivity contribution in [2.45, 2.75) is 64.3 Å². The first-order chi connectivity index (χ1) is 14.3. The Morgan fingerprint density at radius 3 is 2.53 bits per heavy atom. The lowest BCUT2D eigenvalue weighted by molar-refractivity contribution is -0.118. The summed E-state index contributed by atoms with van der Waals surface area (Å²) in [6, 6.07) is 4.32. The summed E-state index contributed by atoms with van der Waals surface area (Å²) in [5.74, 6) is -2.36. The zero-order valence-electron chi connectivity index (χ0n) is 17.2. The lowest BCUT2D eigenvalue weighted by atomic mass is 9.83. The van der Waals surface area contributed by atoms with Crippen LogP contribution in [0.3, 0.4) is 0 Å². The third-order valence-electron chi connectivity index (χ3n) is 6.15. The van der Waals surface area contributed by atoms with Crippen molar-refractivity contribution in [3.63, 3.8) is 0 Å². The maximum atomic E-state index is 14.6. The van der Waals surface area contributed by atoms with Crippen LogP contribution in [0.25, 0.3) is 11.3 Å². The number of nitrogens with zero attached hydrogens (tertiary/aromatic N) is 1. The molecule has 0 bridgehead atoms. The van der Waals surface area contributed by atoms with E-state index in [1.165, 1.54) is 12.5 Å². The van der Waals surface area contributed by atoms with Crippen LogP contribution in [0.4, 0.5) is 8.78 Å². The molecule has 1 atom stereocenters. The number of halogens is 2. The minimum atomic E-state index is -1.13. The number of carboxylic acid groups (broad SMARTS) is 1. The van der Waals surface area contributed by atoms with Crippen LogP contribution in [0, 0.1) is 24.5 Å². The van der Waals surface area contributed by atoms with Crippen molar-refractivity contribution >= 4 is 11.9 Å². The first-order valence-corrected chi connectivity index (χ1v) is 10.5. The van der Waals surface area contributed by atoms with Crippen molar-refractivity contribution in [1.29, 1.82) is 0 Å². The number of amides is 1. The molecule has 0 spiro atoms. The van der Waals surface area contributed by atoms with Gasteiger partial charge in [0.25, 0.3) is 0 Å². The van der Waals surface area contributed by atoms with Crippen LogP contribution in [-0.2, 0) is 4.79 Å². The third-order valence-corrected chi connectivity index (χ3v) is 6.15. The highest BCUT2D eigenvalue weighted by atomic mass is 19.1. The van der Waals surface area contributed by atoms with Crippen LogP contribution >= 0.6 is 0 Å². The van der Waals surface area contributed by atoms with Gasteiger partial charge in [-0.2, -0.15) is 0 Å². The van der Waals surface area contributed by atoms with Gasteiger partial charge in [0.1, 0.15) is 11.6 Å². The summed E-state index contributed by atoms with van der Waals surface area (Å²) in [7, 11) is 0. The Bertz CT molecular complexity index is 933. The molecular formula is C23H28F2N2O3. The minimum absolute atomic E-state index is 0.0123. The van der Waals surface area contributed by atoms with Crippen LogP contribution in [0.1, 0.15) is 73.5 Å².